The minimum atomic E-state index is 0.0629. The average Bonchev–Trinajstić information content (AvgIpc) is 3.27. The van der Waals surface area contributed by atoms with Crippen LogP contribution in [-0.2, 0) is 0 Å². The molecular weight excluding hydrogens is 410 g/mol. The number of nitrogens with zero attached hydrogens (tertiary/aromatic N) is 5. The number of halogens is 1. The summed E-state index contributed by atoms with van der Waals surface area (Å²) in [4.78, 5) is 23.8. The van der Waals surface area contributed by atoms with Crippen molar-refractivity contribution >= 4 is 23.3 Å². The molecule has 6 nitrogen and oxygen atoms in total. The zero-order valence-electron chi connectivity index (χ0n) is 17.2. The number of hydrogen-bond acceptors (Lipinski definition) is 4. The maximum atomic E-state index is 13.2. The number of amides is 1. The molecule has 156 valence electrons. The molecule has 2 aromatic heterocycles. The first kappa shape index (κ1) is 19.7. The van der Waals surface area contributed by atoms with Gasteiger partial charge in [-0.15, -0.1) is 0 Å². The molecule has 1 fully saturated rings. The van der Waals surface area contributed by atoms with Crippen LogP contribution in [0.15, 0.2) is 60.9 Å². The lowest BCUT2D eigenvalue weighted by Gasteiger charge is -2.33. The van der Waals surface area contributed by atoms with Gasteiger partial charge in [-0.2, -0.15) is 10.1 Å². The summed E-state index contributed by atoms with van der Waals surface area (Å²) in [5.41, 5.74) is 4.82. The molecule has 7 heteroatoms. The van der Waals surface area contributed by atoms with E-state index in [0.29, 0.717) is 22.9 Å². The number of piperidine rings is 1. The second kappa shape index (κ2) is 8.12. The topological polar surface area (TPSA) is 63.4 Å². The third-order valence-electron chi connectivity index (χ3n) is 5.84. The Morgan fingerprint density at radius 3 is 2.52 bits per heavy atom. The molecule has 0 aliphatic carbocycles. The maximum Gasteiger partial charge on any atom is 0.253 e. The number of carbonyl (C=O) groups excluding carboxylic acids is 1. The monoisotopic (exact) mass is 431 g/mol. The molecular formula is C24H22ClN5O. The molecule has 1 aliphatic rings. The standard InChI is InChI=1S/C24H22ClN5O/c1-16-13-22(30-24(28-16)26-15-27-30)20-3-2-12-29(14-20)23(31)19-6-4-17(5-7-19)18-8-10-21(25)11-9-18/h4-11,13,15,20H,2-3,12,14H2,1H3. The molecule has 1 atom stereocenters. The summed E-state index contributed by atoms with van der Waals surface area (Å²) in [7, 11) is 0. The molecule has 1 aliphatic heterocycles. The fourth-order valence-corrected chi connectivity index (χ4v) is 4.41. The Balaban J connectivity index is 1.36. The molecule has 0 radical (unpaired) electrons. The second-order valence-corrected chi connectivity index (χ2v) is 8.41. The summed E-state index contributed by atoms with van der Waals surface area (Å²) >= 11 is 5.98. The summed E-state index contributed by atoms with van der Waals surface area (Å²) in [6.45, 7) is 3.39. The Morgan fingerprint density at radius 2 is 1.77 bits per heavy atom. The van der Waals surface area contributed by atoms with Gasteiger partial charge in [0.1, 0.15) is 6.33 Å². The van der Waals surface area contributed by atoms with Crippen LogP contribution in [0.3, 0.4) is 0 Å². The number of fused-ring (bicyclic) bond motifs is 1. The lowest BCUT2D eigenvalue weighted by molar-refractivity contribution is 0.0705. The van der Waals surface area contributed by atoms with Crippen molar-refractivity contribution in [1.82, 2.24) is 24.5 Å². The van der Waals surface area contributed by atoms with E-state index in [1.165, 1.54) is 6.33 Å². The largest absolute Gasteiger partial charge is 0.338 e. The molecule has 1 amide bonds. The molecule has 0 spiro atoms. The van der Waals surface area contributed by atoms with E-state index in [4.69, 9.17) is 11.6 Å². The zero-order chi connectivity index (χ0) is 21.4. The van der Waals surface area contributed by atoms with Gasteiger partial charge in [-0.3, -0.25) is 4.79 Å². The van der Waals surface area contributed by atoms with Gasteiger partial charge in [0.2, 0.25) is 0 Å². The van der Waals surface area contributed by atoms with E-state index in [9.17, 15) is 4.79 Å². The fraction of sp³-hybridized carbons (Fsp3) is 0.250. The van der Waals surface area contributed by atoms with Gasteiger partial charge in [0, 0.05) is 35.3 Å². The second-order valence-electron chi connectivity index (χ2n) is 7.97. The Kier molecular flexibility index (Phi) is 5.16. The fourth-order valence-electron chi connectivity index (χ4n) is 4.28. The number of aromatic nitrogens is 4. The first-order chi connectivity index (χ1) is 15.1. The summed E-state index contributed by atoms with van der Waals surface area (Å²) in [5, 5.41) is 5.05. The van der Waals surface area contributed by atoms with E-state index < -0.39 is 0 Å². The van der Waals surface area contributed by atoms with Crippen LogP contribution in [0.4, 0.5) is 0 Å². The first-order valence-electron chi connectivity index (χ1n) is 10.4. The molecule has 0 N–H and O–H groups in total. The third-order valence-corrected chi connectivity index (χ3v) is 6.10. The summed E-state index contributed by atoms with van der Waals surface area (Å²) in [6, 6.07) is 17.6. The van der Waals surface area contributed by atoms with Crippen molar-refractivity contribution in [1.29, 1.82) is 0 Å². The van der Waals surface area contributed by atoms with Gasteiger partial charge in [0.15, 0.2) is 0 Å². The molecule has 0 bridgehead atoms. The van der Waals surface area contributed by atoms with Crippen LogP contribution in [-0.4, -0.2) is 43.5 Å². The zero-order valence-corrected chi connectivity index (χ0v) is 18.0. The molecule has 3 heterocycles. The van der Waals surface area contributed by atoms with Crippen LogP contribution >= 0.6 is 11.6 Å². The van der Waals surface area contributed by atoms with E-state index in [-0.39, 0.29) is 11.8 Å². The van der Waals surface area contributed by atoms with Crippen molar-refractivity contribution < 1.29 is 4.79 Å². The van der Waals surface area contributed by atoms with Crippen LogP contribution in [0.5, 0.6) is 0 Å². The van der Waals surface area contributed by atoms with Crippen LogP contribution in [0.2, 0.25) is 5.02 Å². The van der Waals surface area contributed by atoms with Crippen LogP contribution < -0.4 is 0 Å². The van der Waals surface area contributed by atoms with Crippen molar-refractivity contribution in [2.45, 2.75) is 25.7 Å². The first-order valence-corrected chi connectivity index (χ1v) is 10.8. The molecule has 2 aromatic carbocycles. The number of likely N-dealkylation sites (tertiary alicyclic amines) is 1. The average molecular weight is 432 g/mol. The Bertz CT molecular complexity index is 1230. The highest BCUT2D eigenvalue weighted by atomic mass is 35.5. The van der Waals surface area contributed by atoms with Crippen molar-refractivity contribution in [3.05, 3.63) is 82.9 Å². The lowest BCUT2D eigenvalue weighted by Crippen LogP contribution is -2.39. The van der Waals surface area contributed by atoms with E-state index in [2.05, 4.69) is 21.1 Å². The van der Waals surface area contributed by atoms with Crippen LogP contribution in [0.25, 0.3) is 16.9 Å². The van der Waals surface area contributed by atoms with E-state index in [1.54, 1.807) is 4.52 Å². The normalized spacial score (nSPS) is 16.6. The maximum absolute atomic E-state index is 13.2. The molecule has 4 aromatic rings. The molecule has 31 heavy (non-hydrogen) atoms. The van der Waals surface area contributed by atoms with Crippen molar-refractivity contribution in [3.63, 3.8) is 0 Å². The summed E-state index contributed by atoms with van der Waals surface area (Å²) in [6.07, 6.45) is 3.49. The number of benzene rings is 2. The van der Waals surface area contributed by atoms with Gasteiger partial charge in [-0.25, -0.2) is 9.50 Å². The van der Waals surface area contributed by atoms with Gasteiger partial charge >= 0.3 is 0 Å². The highest BCUT2D eigenvalue weighted by molar-refractivity contribution is 6.30. The van der Waals surface area contributed by atoms with Crippen molar-refractivity contribution in [2.24, 2.45) is 0 Å². The molecule has 0 saturated carbocycles. The third kappa shape index (κ3) is 3.91. The number of rotatable bonds is 3. The van der Waals surface area contributed by atoms with Gasteiger partial charge in [0.05, 0.1) is 5.69 Å². The van der Waals surface area contributed by atoms with Crippen molar-refractivity contribution in [2.75, 3.05) is 13.1 Å². The predicted octanol–water partition coefficient (Wildman–Crippen LogP) is 4.77. The smallest absolute Gasteiger partial charge is 0.253 e. The lowest BCUT2D eigenvalue weighted by atomic mass is 9.93. The van der Waals surface area contributed by atoms with Crippen LogP contribution in [0.1, 0.15) is 40.5 Å². The van der Waals surface area contributed by atoms with E-state index >= 15 is 0 Å². The quantitative estimate of drug-likeness (QED) is 0.468. The minimum Gasteiger partial charge on any atom is -0.338 e. The van der Waals surface area contributed by atoms with E-state index in [0.717, 1.165) is 41.9 Å². The van der Waals surface area contributed by atoms with Gasteiger partial charge in [0.25, 0.3) is 11.7 Å². The van der Waals surface area contributed by atoms with Crippen molar-refractivity contribution in [3.8, 4) is 11.1 Å². The minimum absolute atomic E-state index is 0.0629. The predicted molar refractivity (Wildman–Crippen MR) is 120 cm³/mol. The van der Waals surface area contributed by atoms with Gasteiger partial charge in [-0.1, -0.05) is 35.9 Å². The van der Waals surface area contributed by atoms with Gasteiger partial charge < -0.3 is 4.90 Å². The number of carbonyl (C=O) groups is 1. The Hall–Kier alpha value is -3.25. The molecule has 1 unspecified atom stereocenters. The molecule has 1 saturated heterocycles. The highest BCUT2D eigenvalue weighted by Gasteiger charge is 2.27. The Labute approximate surface area is 185 Å². The van der Waals surface area contributed by atoms with E-state index in [1.807, 2.05) is 60.4 Å². The SMILES string of the molecule is Cc1cc(C2CCCN(C(=O)c3ccc(-c4ccc(Cl)cc4)cc3)C2)n2ncnc2n1. The van der Waals surface area contributed by atoms with Gasteiger partial charge in [-0.05, 0) is 61.2 Å². The summed E-state index contributed by atoms with van der Waals surface area (Å²) in [5.74, 6) is 0.876. The number of hydrogen-bond donors (Lipinski definition) is 0. The molecule has 5 rings (SSSR count). The van der Waals surface area contributed by atoms with Crippen LogP contribution in [0, 0.1) is 6.92 Å². The highest BCUT2D eigenvalue weighted by Crippen LogP contribution is 2.29. The number of aryl methyl sites for hydroxylation is 1. The Morgan fingerprint density at radius 1 is 1.06 bits per heavy atom. The summed E-state index contributed by atoms with van der Waals surface area (Å²) < 4.78 is 1.80.